The standard InChI is InChI=1S/C16H21N5OS/c1-11-9-20-10-12(4-5-14(20)18-11)19-15(22)13-3-2-7-21(13)16-17-6-8-23-16/h6,8-9,12-13H,2-5,7,10H2,1H3,(H,19,22)/t12-,13+/m0/s1. The second kappa shape index (κ2) is 5.96. The van der Waals surface area contributed by atoms with Crippen molar-refractivity contribution >= 4 is 22.4 Å². The van der Waals surface area contributed by atoms with Crippen molar-refractivity contribution in [2.75, 3.05) is 11.4 Å². The highest BCUT2D eigenvalue weighted by Gasteiger charge is 2.33. The van der Waals surface area contributed by atoms with Crippen LogP contribution in [0.3, 0.4) is 0 Å². The molecule has 2 atom stereocenters. The molecule has 0 spiro atoms. The molecule has 1 fully saturated rings. The molecule has 7 heteroatoms. The fraction of sp³-hybridized carbons (Fsp3) is 0.562. The van der Waals surface area contributed by atoms with Crippen LogP contribution < -0.4 is 10.2 Å². The Morgan fingerprint density at radius 3 is 3.17 bits per heavy atom. The van der Waals surface area contributed by atoms with Crippen LogP contribution >= 0.6 is 11.3 Å². The van der Waals surface area contributed by atoms with Crippen LogP contribution in [-0.2, 0) is 17.8 Å². The number of hydrogen-bond donors (Lipinski definition) is 1. The zero-order valence-electron chi connectivity index (χ0n) is 13.2. The smallest absolute Gasteiger partial charge is 0.243 e. The van der Waals surface area contributed by atoms with E-state index in [0.29, 0.717) is 0 Å². The molecule has 2 aromatic rings. The van der Waals surface area contributed by atoms with E-state index in [1.807, 2.05) is 12.3 Å². The lowest BCUT2D eigenvalue weighted by molar-refractivity contribution is -0.123. The Balaban J connectivity index is 1.42. The summed E-state index contributed by atoms with van der Waals surface area (Å²) in [5.41, 5.74) is 1.05. The van der Waals surface area contributed by atoms with Gasteiger partial charge in [0.15, 0.2) is 5.13 Å². The number of hydrogen-bond acceptors (Lipinski definition) is 5. The number of aromatic nitrogens is 3. The van der Waals surface area contributed by atoms with E-state index in [0.717, 1.165) is 55.4 Å². The monoisotopic (exact) mass is 331 g/mol. The minimum Gasteiger partial charge on any atom is -0.350 e. The molecule has 2 aliphatic rings. The number of carbonyl (C=O) groups is 1. The van der Waals surface area contributed by atoms with E-state index in [4.69, 9.17) is 0 Å². The van der Waals surface area contributed by atoms with Crippen LogP contribution in [0, 0.1) is 6.92 Å². The minimum atomic E-state index is -0.0768. The number of amides is 1. The van der Waals surface area contributed by atoms with Gasteiger partial charge in [-0.15, -0.1) is 11.3 Å². The quantitative estimate of drug-likeness (QED) is 0.931. The highest BCUT2D eigenvalue weighted by atomic mass is 32.1. The van der Waals surface area contributed by atoms with Gasteiger partial charge in [-0.1, -0.05) is 0 Å². The van der Waals surface area contributed by atoms with E-state index >= 15 is 0 Å². The third-order valence-corrected chi connectivity index (χ3v) is 5.49. The van der Waals surface area contributed by atoms with E-state index in [1.165, 1.54) is 0 Å². The molecular formula is C16H21N5OS. The Bertz CT molecular complexity index is 695. The molecule has 23 heavy (non-hydrogen) atoms. The molecule has 4 heterocycles. The van der Waals surface area contributed by atoms with E-state index in [9.17, 15) is 4.79 Å². The van der Waals surface area contributed by atoms with Gasteiger partial charge >= 0.3 is 0 Å². The van der Waals surface area contributed by atoms with Gasteiger partial charge in [0, 0.05) is 43.3 Å². The Morgan fingerprint density at radius 2 is 2.35 bits per heavy atom. The lowest BCUT2D eigenvalue weighted by Gasteiger charge is -2.28. The van der Waals surface area contributed by atoms with Crippen LogP contribution in [0.4, 0.5) is 5.13 Å². The largest absolute Gasteiger partial charge is 0.350 e. The highest BCUT2D eigenvalue weighted by Crippen LogP contribution is 2.27. The first-order chi connectivity index (χ1) is 11.2. The van der Waals surface area contributed by atoms with E-state index in [1.54, 1.807) is 17.5 Å². The van der Waals surface area contributed by atoms with Gasteiger partial charge in [0.25, 0.3) is 0 Å². The number of fused-ring (bicyclic) bond motifs is 1. The summed E-state index contributed by atoms with van der Waals surface area (Å²) in [5.74, 6) is 1.28. The first kappa shape index (κ1) is 14.7. The van der Waals surface area contributed by atoms with Crippen molar-refractivity contribution in [1.29, 1.82) is 0 Å². The molecule has 122 valence electrons. The number of imidazole rings is 1. The number of rotatable bonds is 3. The first-order valence-electron chi connectivity index (χ1n) is 8.20. The molecule has 0 radical (unpaired) electrons. The lowest BCUT2D eigenvalue weighted by atomic mass is 10.1. The molecule has 0 unspecified atom stereocenters. The van der Waals surface area contributed by atoms with Crippen molar-refractivity contribution in [3.63, 3.8) is 0 Å². The van der Waals surface area contributed by atoms with Gasteiger partial charge in [0.05, 0.1) is 5.69 Å². The van der Waals surface area contributed by atoms with Crippen LogP contribution in [0.2, 0.25) is 0 Å². The number of nitrogens with zero attached hydrogens (tertiary/aromatic N) is 4. The molecule has 6 nitrogen and oxygen atoms in total. The van der Waals surface area contributed by atoms with Gasteiger partial charge in [-0.05, 0) is 26.2 Å². The van der Waals surface area contributed by atoms with Crippen molar-refractivity contribution in [2.24, 2.45) is 0 Å². The lowest BCUT2D eigenvalue weighted by Crippen LogP contribution is -2.49. The van der Waals surface area contributed by atoms with Gasteiger partial charge in [0.2, 0.25) is 5.91 Å². The van der Waals surface area contributed by atoms with Crippen LogP contribution in [0.25, 0.3) is 0 Å². The summed E-state index contributed by atoms with van der Waals surface area (Å²) in [6.45, 7) is 3.76. The normalized spacial score (nSPS) is 23.8. The highest BCUT2D eigenvalue weighted by molar-refractivity contribution is 7.13. The number of thiazole rings is 1. The summed E-state index contributed by atoms with van der Waals surface area (Å²) in [6, 6.07) is 0.120. The molecule has 1 N–H and O–H groups in total. The van der Waals surface area contributed by atoms with Crippen molar-refractivity contribution < 1.29 is 4.79 Å². The average molecular weight is 331 g/mol. The molecule has 0 bridgehead atoms. The van der Waals surface area contributed by atoms with Gasteiger partial charge in [-0.25, -0.2) is 9.97 Å². The van der Waals surface area contributed by atoms with E-state index in [2.05, 4.69) is 30.9 Å². The molecule has 4 rings (SSSR count). The van der Waals surface area contributed by atoms with Crippen LogP contribution in [-0.4, -0.2) is 39.1 Å². The second-order valence-corrected chi connectivity index (χ2v) is 7.23. The minimum absolute atomic E-state index is 0.0768. The average Bonchev–Trinajstić information content (AvgIpc) is 3.25. The van der Waals surface area contributed by atoms with Gasteiger partial charge < -0.3 is 14.8 Å². The maximum Gasteiger partial charge on any atom is 0.243 e. The van der Waals surface area contributed by atoms with Gasteiger partial charge in [0.1, 0.15) is 11.9 Å². The molecule has 0 aliphatic carbocycles. The Morgan fingerprint density at radius 1 is 1.43 bits per heavy atom. The SMILES string of the molecule is Cc1cn2c(n1)CC[C@H](NC(=O)[C@H]1CCCN1c1nccs1)C2. The summed E-state index contributed by atoms with van der Waals surface area (Å²) >= 11 is 1.60. The topological polar surface area (TPSA) is 63.1 Å². The van der Waals surface area contributed by atoms with Crippen LogP contribution in [0.15, 0.2) is 17.8 Å². The Kier molecular flexibility index (Phi) is 3.80. The van der Waals surface area contributed by atoms with Crippen LogP contribution in [0.5, 0.6) is 0 Å². The summed E-state index contributed by atoms with van der Waals surface area (Å²) in [6.07, 6.45) is 7.73. The predicted octanol–water partition coefficient (Wildman–Crippen LogP) is 1.75. The van der Waals surface area contributed by atoms with Crippen molar-refractivity contribution in [1.82, 2.24) is 19.9 Å². The predicted molar refractivity (Wildman–Crippen MR) is 89.7 cm³/mol. The fourth-order valence-corrected chi connectivity index (χ4v) is 4.35. The molecular weight excluding hydrogens is 310 g/mol. The number of nitrogens with one attached hydrogen (secondary N) is 1. The maximum atomic E-state index is 12.7. The molecule has 1 amide bonds. The summed E-state index contributed by atoms with van der Waals surface area (Å²) in [4.78, 5) is 23.8. The van der Waals surface area contributed by atoms with Crippen molar-refractivity contribution in [2.45, 2.75) is 51.2 Å². The van der Waals surface area contributed by atoms with E-state index in [-0.39, 0.29) is 18.0 Å². The zero-order chi connectivity index (χ0) is 15.8. The second-order valence-electron chi connectivity index (χ2n) is 6.36. The Labute approximate surface area is 139 Å². The van der Waals surface area contributed by atoms with Gasteiger partial charge in [-0.3, -0.25) is 4.79 Å². The third kappa shape index (κ3) is 2.85. The molecule has 0 aromatic carbocycles. The number of aryl methyl sites for hydroxylation is 2. The summed E-state index contributed by atoms with van der Waals surface area (Å²) in [5, 5.41) is 6.17. The van der Waals surface area contributed by atoms with E-state index < -0.39 is 0 Å². The summed E-state index contributed by atoms with van der Waals surface area (Å²) < 4.78 is 2.18. The summed E-state index contributed by atoms with van der Waals surface area (Å²) in [7, 11) is 0. The third-order valence-electron chi connectivity index (χ3n) is 4.68. The Hall–Kier alpha value is -1.89. The fourth-order valence-electron chi connectivity index (χ4n) is 3.63. The molecule has 2 aliphatic heterocycles. The zero-order valence-corrected chi connectivity index (χ0v) is 14.1. The first-order valence-corrected chi connectivity index (χ1v) is 9.08. The molecule has 1 saturated heterocycles. The van der Waals surface area contributed by atoms with Crippen molar-refractivity contribution in [3.05, 3.63) is 29.3 Å². The molecule has 0 saturated carbocycles. The maximum absolute atomic E-state index is 12.7. The molecule has 2 aromatic heterocycles. The van der Waals surface area contributed by atoms with Crippen molar-refractivity contribution in [3.8, 4) is 0 Å². The van der Waals surface area contributed by atoms with Crippen LogP contribution in [0.1, 0.15) is 30.8 Å². The number of carbonyl (C=O) groups excluding carboxylic acids is 1. The van der Waals surface area contributed by atoms with Gasteiger partial charge in [-0.2, -0.15) is 0 Å². The number of anilines is 1.